The first-order valence-electron chi connectivity index (χ1n) is 10.8. The molecule has 0 aliphatic heterocycles. The number of para-hydroxylation sites is 1. The lowest BCUT2D eigenvalue weighted by Crippen LogP contribution is -2.19. The van der Waals surface area contributed by atoms with Gasteiger partial charge < -0.3 is 15.2 Å². The predicted octanol–water partition coefficient (Wildman–Crippen LogP) is 5.84. The number of amides is 2. The van der Waals surface area contributed by atoms with Gasteiger partial charge in [-0.15, -0.1) is 0 Å². The number of nitrogens with zero attached hydrogens (tertiary/aromatic N) is 1. The number of rotatable bonds is 6. The van der Waals surface area contributed by atoms with E-state index in [-0.39, 0.29) is 17.7 Å². The van der Waals surface area contributed by atoms with Crippen LogP contribution in [0.4, 0.5) is 11.4 Å². The van der Waals surface area contributed by atoms with Crippen LogP contribution >= 0.6 is 0 Å². The molecule has 4 rings (SSSR count). The number of nitrogens with one attached hydrogen (secondary N) is 2. The van der Waals surface area contributed by atoms with Crippen LogP contribution in [0, 0.1) is 12.8 Å². The van der Waals surface area contributed by atoms with E-state index < -0.39 is 0 Å². The zero-order valence-corrected chi connectivity index (χ0v) is 18.6. The third kappa shape index (κ3) is 4.57. The fourth-order valence-electron chi connectivity index (χ4n) is 3.64. The minimum atomic E-state index is -0.187. The zero-order valence-electron chi connectivity index (χ0n) is 18.6. The highest BCUT2D eigenvalue weighted by molar-refractivity contribution is 6.07. The van der Waals surface area contributed by atoms with Crippen LogP contribution in [0.25, 0.3) is 10.9 Å². The van der Waals surface area contributed by atoms with Gasteiger partial charge in [-0.05, 0) is 42.3 Å². The number of carbonyl (C=O) groups excluding carboxylic acids is 2. The van der Waals surface area contributed by atoms with Crippen LogP contribution in [0.2, 0.25) is 0 Å². The topological polar surface area (TPSA) is 63.1 Å². The van der Waals surface area contributed by atoms with Gasteiger partial charge in [0, 0.05) is 34.7 Å². The lowest BCUT2D eigenvalue weighted by molar-refractivity contribution is -0.118. The number of carbonyl (C=O) groups is 2. The van der Waals surface area contributed by atoms with Gasteiger partial charge in [-0.2, -0.15) is 0 Å². The Morgan fingerprint density at radius 3 is 2.34 bits per heavy atom. The Morgan fingerprint density at radius 2 is 1.59 bits per heavy atom. The third-order valence-electron chi connectivity index (χ3n) is 5.50. The van der Waals surface area contributed by atoms with E-state index in [2.05, 4.69) is 22.8 Å². The third-order valence-corrected chi connectivity index (χ3v) is 5.50. The summed E-state index contributed by atoms with van der Waals surface area (Å²) in [5.41, 5.74) is 4.98. The average Bonchev–Trinajstić information content (AvgIpc) is 3.15. The summed E-state index contributed by atoms with van der Waals surface area (Å²) in [5.74, 6) is -0.371. The van der Waals surface area contributed by atoms with Crippen molar-refractivity contribution >= 4 is 34.1 Å². The fourth-order valence-corrected chi connectivity index (χ4v) is 3.64. The van der Waals surface area contributed by atoms with Gasteiger partial charge >= 0.3 is 0 Å². The average molecular weight is 426 g/mol. The van der Waals surface area contributed by atoms with Crippen LogP contribution in [0.1, 0.15) is 35.5 Å². The normalized spacial score (nSPS) is 11.0. The maximum Gasteiger partial charge on any atom is 0.272 e. The standard InChI is InChI=1S/C27H27N3O2/c1-18(2)26(31)28-22-14-13-19(3)23(16-22)29-27(32)25-15-21-11-7-8-12-24(21)30(25)17-20-9-5-4-6-10-20/h4-16,18H,17H2,1-3H3,(H,28,31)(H,29,32). The van der Waals surface area contributed by atoms with Gasteiger partial charge in [-0.25, -0.2) is 0 Å². The second kappa shape index (κ2) is 9.10. The summed E-state index contributed by atoms with van der Waals surface area (Å²) >= 11 is 0. The molecular formula is C27H27N3O2. The van der Waals surface area contributed by atoms with Crippen molar-refractivity contribution in [1.29, 1.82) is 0 Å². The Labute approximate surface area is 188 Å². The van der Waals surface area contributed by atoms with Crippen molar-refractivity contribution in [3.8, 4) is 0 Å². The Kier molecular flexibility index (Phi) is 6.08. The zero-order chi connectivity index (χ0) is 22.7. The molecule has 0 saturated carbocycles. The first-order chi connectivity index (χ1) is 15.4. The Morgan fingerprint density at radius 1 is 0.875 bits per heavy atom. The number of aromatic nitrogens is 1. The van der Waals surface area contributed by atoms with Gasteiger partial charge in [0.05, 0.1) is 0 Å². The van der Waals surface area contributed by atoms with E-state index in [4.69, 9.17) is 0 Å². The van der Waals surface area contributed by atoms with Gasteiger partial charge in [0.2, 0.25) is 5.91 Å². The van der Waals surface area contributed by atoms with Crippen LogP contribution in [-0.4, -0.2) is 16.4 Å². The van der Waals surface area contributed by atoms with Crippen molar-refractivity contribution in [1.82, 2.24) is 4.57 Å². The molecule has 5 nitrogen and oxygen atoms in total. The summed E-state index contributed by atoms with van der Waals surface area (Å²) in [6.45, 7) is 6.22. The van der Waals surface area contributed by atoms with E-state index in [0.717, 1.165) is 22.0 Å². The van der Waals surface area contributed by atoms with Gasteiger partial charge in [-0.3, -0.25) is 9.59 Å². The molecular weight excluding hydrogens is 398 g/mol. The molecule has 32 heavy (non-hydrogen) atoms. The first-order valence-corrected chi connectivity index (χ1v) is 10.8. The quantitative estimate of drug-likeness (QED) is 0.407. The van der Waals surface area contributed by atoms with Crippen molar-refractivity contribution in [2.75, 3.05) is 10.6 Å². The maximum atomic E-state index is 13.4. The molecule has 0 radical (unpaired) electrons. The van der Waals surface area contributed by atoms with Gasteiger partial charge in [-0.1, -0.05) is 68.4 Å². The number of aryl methyl sites for hydroxylation is 1. The second-order valence-corrected chi connectivity index (χ2v) is 8.29. The van der Waals surface area contributed by atoms with Crippen LogP contribution in [0.5, 0.6) is 0 Å². The lowest BCUT2D eigenvalue weighted by Gasteiger charge is -2.14. The molecule has 0 spiro atoms. The number of fused-ring (bicyclic) bond motifs is 1. The fraction of sp³-hybridized carbons (Fsp3) is 0.185. The van der Waals surface area contributed by atoms with Crippen LogP contribution < -0.4 is 10.6 Å². The molecule has 0 aliphatic rings. The summed E-state index contributed by atoms with van der Waals surface area (Å²) < 4.78 is 2.04. The molecule has 2 amide bonds. The largest absolute Gasteiger partial charge is 0.332 e. The summed E-state index contributed by atoms with van der Waals surface area (Å²) in [7, 11) is 0. The Hall–Kier alpha value is -3.86. The molecule has 0 fully saturated rings. The minimum absolute atomic E-state index is 0.0610. The molecule has 5 heteroatoms. The minimum Gasteiger partial charge on any atom is -0.332 e. The molecule has 2 N–H and O–H groups in total. The highest BCUT2D eigenvalue weighted by Gasteiger charge is 2.17. The highest BCUT2D eigenvalue weighted by atomic mass is 16.2. The van der Waals surface area contributed by atoms with E-state index in [1.165, 1.54) is 0 Å². The van der Waals surface area contributed by atoms with Crippen LogP contribution in [0.3, 0.4) is 0 Å². The molecule has 0 bridgehead atoms. The molecule has 0 saturated heterocycles. The smallest absolute Gasteiger partial charge is 0.272 e. The second-order valence-electron chi connectivity index (χ2n) is 8.29. The van der Waals surface area contributed by atoms with Crippen molar-refractivity contribution in [3.05, 3.63) is 95.7 Å². The number of benzene rings is 3. The van der Waals surface area contributed by atoms with Crippen LogP contribution in [-0.2, 0) is 11.3 Å². The molecule has 0 atom stereocenters. The summed E-state index contributed by atoms with van der Waals surface area (Å²) in [6.07, 6.45) is 0. The molecule has 0 aliphatic carbocycles. The number of hydrogen-bond donors (Lipinski definition) is 2. The molecule has 1 heterocycles. The summed E-state index contributed by atoms with van der Waals surface area (Å²) in [4.78, 5) is 25.4. The van der Waals surface area contributed by atoms with E-state index in [1.807, 2.05) is 86.0 Å². The Bertz CT molecular complexity index is 1270. The van der Waals surface area contributed by atoms with Gasteiger partial charge in [0.15, 0.2) is 0 Å². The molecule has 162 valence electrons. The Balaban J connectivity index is 1.66. The first kappa shape index (κ1) is 21.4. The van der Waals surface area contributed by atoms with E-state index in [9.17, 15) is 9.59 Å². The summed E-state index contributed by atoms with van der Waals surface area (Å²) in [6, 6.07) is 25.6. The van der Waals surface area contributed by atoms with Crippen molar-refractivity contribution < 1.29 is 9.59 Å². The van der Waals surface area contributed by atoms with Gasteiger partial charge in [0.25, 0.3) is 5.91 Å². The van der Waals surface area contributed by atoms with Crippen LogP contribution in [0.15, 0.2) is 78.9 Å². The highest BCUT2D eigenvalue weighted by Crippen LogP contribution is 2.25. The molecule has 3 aromatic carbocycles. The maximum absolute atomic E-state index is 13.4. The monoisotopic (exact) mass is 425 g/mol. The lowest BCUT2D eigenvalue weighted by atomic mass is 10.1. The molecule has 0 unspecified atom stereocenters. The predicted molar refractivity (Wildman–Crippen MR) is 130 cm³/mol. The van der Waals surface area contributed by atoms with Crippen molar-refractivity contribution in [2.45, 2.75) is 27.3 Å². The van der Waals surface area contributed by atoms with E-state index in [1.54, 1.807) is 6.07 Å². The number of anilines is 2. The van der Waals surface area contributed by atoms with E-state index in [0.29, 0.717) is 23.6 Å². The van der Waals surface area contributed by atoms with Crippen molar-refractivity contribution in [2.24, 2.45) is 5.92 Å². The number of hydrogen-bond acceptors (Lipinski definition) is 2. The summed E-state index contributed by atoms with van der Waals surface area (Å²) in [5, 5.41) is 6.95. The van der Waals surface area contributed by atoms with Gasteiger partial charge in [0.1, 0.15) is 5.69 Å². The SMILES string of the molecule is Cc1ccc(NC(=O)C(C)C)cc1NC(=O)c1cc2ccccc2n1Cc1ccccc1. The van der Waals surface area contributed by atoms with Crippen molar-refractivity contribution in [3.63, 3.8) is 0 Å². The van der Waals surface area contributed by atoms with E-state index >= 15 is 0 Å². The molecule has 1 aromatic heterocycles. The molecule has 4 aromatic rings.